The van der Waals surface area contributed by atoms with Crippen LogP contribution in [0, 0.1) is 5.41 Å². The molecule has 17 heavy (non-hydrogen) atoms. The van der Waals surface area contributed by atoms with E-state index in [1.165, 1.54) is 5.69 Å². The second-order valence-corrected chi connectivity index (χ2v) is 6.10. The minimum absolute atomic E-state index is 0.267. The van der Waals surface area contributed by atoms with Crippen LogP contribution in [0.4, 0.5) is 0 Å². The van der Waals surface area contributed by atoms with Crippen LogP contribution in [0.5, 0.6) is 0 Å². The molecule has 0 spiro atoms. The second-order valence-electron chi connectivity index (χ2n) is 6.10. The van der Waals surface area contributed by atoms with Crippen LogP contribution >= 0.6 is 0 Å². The molecule has 1 fully saturated rings. The van der Waals surface area contributed by atoms with Gasteiger partial charge in [0.05, 0.1) is 6.04 Å². The van der Waals surface area contributed by atoms with Gasteiger partial charge in [0.1, 0.15) is 0 Å². The van der Waals surface area contributed by atoms with Gasteiger partial charge in [0, 0.05) is 45.1 Å². The first kappa shape index (κ1) is 12.7. The summed E-state index contributed by atoms with van der Waals surface area (Å²) in [6.07, 6.45) is 2.15. The van der Waals surface area contributed by atoms with E-state index in [1.807, 2.05) is 0 Å². The van der Waals surface area contributed by atoms with Crippen LogP contribution in [0.1, 0.15) is 32.5 Å². The summed E-state index contributed by atoms with van der Waals surface area (Å²) in [6.45, 7) is 11.5. The second kappa shape index (κ2) is 4.83. The Morgan fingerprint density at radius 1 is 1.24 bits per heavy atom. The molecule has 1 aliphatic heterocycles. The Morgan fingerprint density at radius 3 is 2.35 bits per heavy atom. The zero-order valence-electron chi connectivity index (χ0n) is 11.5. The van der Waals surface area contributed by atoms with E-state index in [4.69, 9.17) is 0 Å². The van der Waals surface area contributed by atoms with Gasteiger partial charge in [-0.05, 0) is 17.5 Å². The number of aromatic nitrogens is 1. The molecule has 0 aliphatic carbocycles. The minimum Gasteiger partial charge on any atom is -0.353 e. The molecule has 2 heterocycles. The first-order valence-electron chi connectivity index (χ1n) is 6.56. The van der Waals surface area contributed by atoms with Crippen molar-refractivity contribution < 1.29 is 0 Å². The maximum Gasteiger partial charge on any atom is 0.0549 e. The molecular weight excluding hydrogens is 210 g/mol. The van der Waals surface area contributed by atoms with Gasteiger partial charge in [-0.3, -0.25) is 4.90 Å². The van der Waals surface area contributed by atoms with Crippen LogP contribution in [0.25, 0.3) is 0 Å². The van der Waals surface area contributed by atoms with Gasteiger partial charge in [-0.1, -0.05) is 20.8 Å². The van der Waals surface area contributed by atoms with Crippen molar-refractivity contribution >= 4 is 0 Å². The molecule has 1 aliphatic rings. The van der Waals surface area contributed by atoms with Gasteiger partial charge in [0.25, 0.3) is 0 Å². The van der Waals surface area contributed by atoms with E-state index in [0.717, 1.165) is 26.2 Å². The Balaban J connectivity index is 2.28. The van der Waals surface area contributed by atoms with E-state index >= 15 is 0 Å². The monoisotopic (exact) mass is 235 g/mol. The molecule has 1 aromatic rings. The summed E-state index contributed by atoms with van der Waals surface area (Å²) in [5, 5.41) is 3.43. The average Bonchev–Trinajstić information content (AvgIpc) is 2.65. The zero-order chi connectivity index (χ0) is 12.5. The number of rotatable bonds is 2. The topological polar surface area (TPSA) is 20.2 Å². The summed E-state index contributed by atoms with van der Waals surface area (Å²) in [7, 11) is 2.15. The lowest BCUT2D eigenvalue weighted by Crippen LogP contribution is -2.48. The Morgan fingerprint density at radius 2 is 1.88 bits per heavy atom. The summed E-state index contributed by atoms with van der Waals surface area (Å²) >= 11 is 0. The molecule has 0 radical (unpaired) electrons. The Bertz CT molecular complexity index is 356. The van der Waals surface area contributed by atoms with Gasteiger partial charge in [-0.25, -0.2) is 0 Å². The largest absolute Gasteiger partial charge is 0.353 e. The fourth-order valence-electron chi connectivity index (χ4n) is 2.88. The van der Waals surface area contributed by atoms with Crippen LogP contribution in [0.15, 0.2) is 18.3 Å². The predicted molar refractivity (Wildman–Crippen MR) is 72.1 cm³/mol. The summed E-state index contributed by atoms with van der Waals surface area (Å²) < 4.78 is 2.26. The van der Waals surface area contributed by atoms with E-state index in [-0.39, 0.29) is 5.41 Å². The standard InChI is InChI=1S/C14H25N3/c1-14(2,3)13(12-6-5-9-16(12)4)17-10-7-15-8-11-17/h5-6,9,13,15H,7-8,10-11H2,1-4H3/t13-/m1/s1. The van der Waals surface area contributed by atoms with Gasteiger partial charge in [-0.15, -0.1) is 0 Å². The van der Waals surface area contributed by atoms with Crippen LogP contribution in [-0.2, 0) is 7.05 Å². The van der Waals surface area contributed by atoms with Gasteiger partial charge < -0.3 is 9.88 Å². The molecule has 3 heteroatoms. The average molecular weight is 235 g/mol. The van der Waals surface area contributed by atoms with Crippen LogP contribution in [0.2, 0.25) is 0 Å². The van der Waals surface area contributed by atoms with Crippen molar-refractivity contribution in [1.29, 1.82) is 0 Å². The summed E-state index contributed by atoms with van der Waals surface area (Å²) in [6, 6.07) is 4.92. The van der Waals surface area contributed by atoms with Crippen LogP contribution < -0.4 is 5.32 Å². The molecule has 3 nitrogen and oxygen atoms in total. The quantitative estimate of drug-likeness (QED) is 0.846. The number of hydrogen-bond acceptors (Lipinski definition) is 2. The SMILES string of the molecule is Cn1cccc1[C@@H](N1CCNCC1)C(C)(C)C. The Hall–Kier alpha value is -0.800. The predicted octanol–water partition coefficient (Wildman–Crippen LogP) is 2.02. The normalized spacial score (nSPS) is 20.5. The van der Waals surface area contributed by atoms with Gasteiger partial charge in [-0.2, -0.15) is 0 Å². The molecule has 0 saturated carbocycles. The number of hydrogen-bond donors (Lipinski definition) is 1. The van der Waals surface area contributed by atoms with E-state index in [0.29, 0.717) is 6.04 Å². The number of aryl methyl sites for hydroxylation is 1. The van der Waals surface area contributed by atoms with Crippen molar-refractivity contribution in [1.82, 2.24) is 14.8 Å². The molecule has 0 unspecified atom stereocenters. The first-order chi connectivity index (χ1) is 8.00. The van der Waals surface area contributed by atoms with Gasteiger partial charge >= 0.3 is 0 Å². The molecular formula is C14H25N3. The highest BCUT2D eigenvalue weighted by Crippen LogP contribution is 2.37. The van der Waals surface area contributed by atoms with Crippen molar-refractivity contribution in [2.24, 2.45) is 12.5 Å². The van der Waals surface area contributed by atoms with Crippen molar-refractivity contribution in [2.45, 2.75) is 26.8 Å². The lowest BCUT2D eigenvalue weighted by molar-refractivity contribution is 0.0810. The smallest absolute Gasteiger partial charge is 0.0549 e. The third-order valence-electron chi connectivity index (χ3n) is 3.60. The Labute approximate surface area is 105 Å². The fourth-order valence-corrected chi connectivity index (χ4v) is 2.88. The Kier molecular flexibility index (Phi) is 3.59. The van der Waals surface area contributed by atoms with Crippen molar-refractivity contribution in [3.63, 3.8) is 0 Å². The third kappa shape index (κ3) is 2.72. The van der Waals surface area contributed by atoms with E-state index in [2.05, 4.69) is 60.9 Å². The summed E-state index contributed by atoms with van der Waals surface area (Å²) in [4.78, 5) is 2.62. The molecule has 96 valence electrons. The molecule has 2 rings (SSSR count). The lowest BCUT2D eigenvalue weighted by atomic mass is 9.83. The zero-order valence-corrected chi connectivity index (χ0v) is 11.5. The van der Waals surface area contributed by atoms with E-state index < -0.39 is 0 Å². The molecule has 1 atom stereocenters. The van der Waals surface area contributed by atoms with E-state index in [9.17, 15) is 0 Å². The minimum atomic E-state index is 0.267. The molecule has 1 saturated heterocycles. The molecule has 0 aromatic carbocycles. The van der Waals surface area contributed by atoms with Crippen LogP contribution in [0.3, 0.4) is 0 Å². The van der Waals surface area contributed by atoms with Crippen molar-refractivity contribution in [3.05, 3.63) is 24.0 Å². The molecule has 1 aromatic heterocycles. The maximum absolute atomic E-state index is 3.43. The number of nitrogens with zero attached hydrogens (tertiary/aromatic N) is 2. The van der Waals surface area contributed by atoms with E-state index in [1.54, 1.807) is 0 Å². The van der Waals surface area contributed by atoms with Crippen molar-refractivity contribution in [2.75, 3.05) is 26.2 Å². The molecule has 0 amide bonds. The highest BCUT2D eigenvalue weighted by molar-refractivity contribution is 5.15. The van der Waals surface area contributed by atoms with Crippen molar-refractivity contribution in [3.8, 4) is 0 Å². The lowest BCUT2D eigenvalue weighted by Gasteiger charge is -2.42. The van der Waals surface area contributed by atoms with Gasteiger partial charge in [0.2, 0.25) is 0 Å². The third-order valence-corrected chi connectivity index (χ3v) is 3.60. The highest BCUT2D eigenvalue weighted by atomic mass is 15.2. The fraction of sp³-hybridized carbons (Fsp3) is 0.714. The first-order valence-corrected chi connectivity index (χ1v) is 6.56. The summed E-state index contributed by atoms with van der Waals surface area (Å²) in [5.74, 6) is 0. The summed E-state index contributed by atoms with van der Waals surface area (Å²) in [5.41, 5.74) is 1.70. The maximum atomic E-state index is 3.43. The van der Waals surface area contributed by atoms with Crippen LogP contribution in [-0.4, -0.2) is 35.6 Å². The molecule has 0 bridgehead atoms. The highest BCUT2D eigenvalue weighted by Gasteiger charge is 2.33. The van der Waals surface area contributed by atoms with Gasteiger partial charge in [0.15, 0.2) is 0 Å². The number of piperazine rings is 1. The molecule has 1 N–H and O–H groups in total. The number of nitrogens with one attached hydrogen (secondary N) is 1.